The van der Waals surface area contributed by atoms with Gasteiger partial charge in [0.05, 0.1) is 12.2 Å². The lowest BCUT2D eigenvalue weighted by Crippen LogP contribution is -2.25. The van der Waals surface area contributed by atoms with Crippen LogP contribution in [0.4, 0.5) is 8.78 Å². The Bertz CT molecular complexity index is 1150. The molecule has 3 aromatic rings. The highest BCUT2D eigenvalue weighted by molar-refractivity contribution is 5.90. The molecule has 0 bridgehead atoms. The maximum absolute atomic E-state index is 14.7. The second-order valence-electron chi connectivity index (χ2n) is 7.93. The number of benzene rings is 2. The number of halogens is 2. The van der Waals surface area contributed by atoms with Gasteiger partial charge in [-0.15, -0.1) is 5.10 Å². The molecule has 0 radical (unpaired) electrons. The largest absolute Gasteiger partial charge is 0.456 e. The third kappa shape index (κ3) is 5.24. The Balaban J connectivity index is 1.84. The molecule has 0 atom stereocenters. The molecule has 0 aliphatic carbocycles. The van der Waals surface area contributed by atoms with Gasteiger partial charge in [0.1, 0.15) is 29.5 Å². The molecule has 1 heterocycles. The van der Waals surface area contributed by atoms with Crippen molar-refractivity contribution in [1.82, 2.24) is 14.3 Å². The molecule has 2 aromatic carbocycles. The van der Waals surface area contributed by atoms with Crippen molar-refractivity contribution in [2.24, 2.45) is 7.05 Å². The molecule has 0 unspecified atom stereocenters. The fraction of sp³-hybridized carbons (Fsp3) is 0.318. The summed E-state index contributed by atoms with van der Waals surface area (Å²) in [5.74, 6) is -2.78. The smallest absolute Gasteiger partial charge is 0.350 e. The minimum atomic E-state index is -1.02. The van der Waals surface area contributed by atoms with Gasteiger partial charge in [0.2, 0.25) is 0 Å². The Morgan fingerprint density at radius 1 is 1.06 bits per heavy atom. The van der Waals surface area contributed by atoms with E-state index in [2.05, 4.69) is 5.10 Å². The SMILES string of the molecule is Cn1c(COCc2ccccc2)nn(-c2cc(F)c(C(=O)OC(C)(C)C)cc2F)c1=O. The van der Waals surface area contributed by atoms with Crippen LogP contribution >= 0.6 is 0 Å². The van der Waals surface area contributed by atoms with E-state index in [0.717, 1.165) is 16.3 Å². The maximum atomic E-state index is 14.7. The average Bonchev–Trinajstić information content (AvgIpc) is 2.97. The normalized spacial score (nSPS) is 11.5. The zero-order valence-corrected chi connectivity index (χ0v) is 17.7. The molecular weight excluding hydrogens is 408 g/mol. The van der Waals surface area contributed by atoms with E-state index in [0.29, 0.717) is 12.7 Å². The second-order valence-corrected chi connectivity index (χ2v) is 7.93. The number of aromatic nitrogens is 3. The van der Waals surface area contributed by atoms with E-state index in [1.807, 2.05) is 30.3 Å². The Labute approximate surface area is 177 Å². The van der Waals surface area contributed by atoms with Crippen LogP contribution < -0.4 is 5.69 Å². The van der Waals surface area contributed by atoms with Crippen molar-refractivity contribution < 1.29 is 23.0 Å². The van der Waals surface area contributed by atoms with E-state index in [9.17, 15) is 18.4 Å². The van der Waals surface area contributed by atoms with Crippen molar-refractivity contribution in [3.05, 3.63) is 81.5 Å². The third-order valence-electron chi connectivity index (χ3n) is 4.30. The molecule has 1 aromatic heterocycles. The first-order chi connectivity index (χ1) is 14.6. The molecule has 9 heteroatoms. The predicted octanol–water partition coefficient (Wildman–Crippen LogP) is 3.52. The lowest BCUT2D eigenvalue weighted by Gasteiger charge is -2.19. The fourth-order valence-electron chi connectivity index (χ4n) is 2.78. The van der Waals surface area contributed by atoms with Gasteiger partial charge >= 0.3 is 11.7 Å². The van der Waals surface area contributed by atoms with Crippen LogP contribution in [0.1, 0.15) is 42.5 Å². The molecule has 0 amide bonds. The quantitative estimate of drug-likeness (QED) is 0.559. The van der Waals surface area contributed by atoms with Crippen LogP contribution in [0.5, 0.6) is 0 Å². The number of ether oxygens (including phenoxy) is 2. The van der Waals surface area contributed by atoms with E-state index in [1.165, 1.54) is 11.6 Å². The van der Waals surface area contributed by atoms with Crippen molar-refractivity contribution in [3.8, 4) is 5.69 Å². The van der Waals surface area contributed by atoms with Gasteiger partial charge in [-0.05, 0) is 32.4 Å². The second kappa shape index (κ2) is 8.81. The molecule has 164 valence electrons. The summed E-state index contributed by atoms with van der Waals surface area (Å²) < 4.78 is 41.8. The highest BCUT2D eigenvalue weighted by Gasteiger charge is 2.24. The first-order valence-corrected chi connectivity index (χ1v) is 9.56. The van der Waals surface area contributed by atoms with Crippen LogP contribution in [0.25, 0.3) is 5.69 Å². The van der Waals surface area contributed by atoms with Crippen LogP contribution in [-0.2, 0) is 29.7 Å². The topological polar surface area (TPSA) is 75.3 Å². The molecule has 7 nitrogen and oxygen atoms in total. The van der Waals surface area contributed by atoms with Crippen LogP contribution in [-0.4, -0.2) is 25.9 Å². The summed E-state index contributed by atoms with van der Waals surface area (Å²) in [5.41, 5.74) is -1.59. The van der Waals surface area contributed by atoms with Gasteiger partial charge in [0.15, 0.2) is 5.82 Å². The number of rotatable bonds is 6. The van der Waals surface area contributed by atoms with Gasteiger partial charge in [-0.1, -0.05) is 30.3 Å². The van der Waals surface area contributed by atoms with Crippen molar-refractivity contribution in [2.75, 3.05) is 0 Å². The van der Waals surface area contributed by atoms with Gasteiger partial charge in [0, 0.05) is 13.1 Å². The fourth-order valence-corrected chi connectivity index (χ4v) is 2.78. The summed E-state index contributed by atoms with van der Waals surface area (Å²) >= 11 is 0. The van der Waals surface area contributed by atoms with E-state index in [1.54, 1.807) is 20.8 Å². The number of carbonyl (C=O) groups excluding carboxylic acids is 1. The number of esters is 1. The van der Waals surface area contributed by atoms with Crippen LogP contribution in [0.2, 0.25) is 0 Å². The molecule has 0 fully saturated rings. The lowest BCUT2D eigenvalue weighted by molar-refractivity contribution is 0.00641. The van der Waals surface area contributed by atoms with Crippen molar-refractivity contribution in [1.29, 1.82) is 0 Å². The van der Waals surface area contributed by atoms with Crippen LogP contribution in [0.3, 0.4) is 0 Å². The first-order valence-electron chi connectivity index (χ1n) is 9.56. The molecule has 0 spiro atoms. The molecule has 0 aliphatic heterocycles. The van der Waals surface area contributed by atoms with Crippen molar-refractivity contribution in [2.45, 2.75) is 39.6 Å². The highest BCUT2D eigenvalue weighted by Crippen LogP contribution is 2.20. The van der Waals surface area contributed by atoms with Gasteiger partial charge < -0.3 is 9.47 Å². The zero-order valence-electron chi connectivity index (χ0n) is 17.7. The Kier molecular flexibility index (Phi) is 6.35. The standard InChI is InChI=1S/C22H23F2N3O4/c1-22(2,3)31-20(28)15-10-17(24)18(11-16(15)23)27-21(29)26(4)19(25-27)13-30-12-14-8-6-5-7-9-14/h5-11H,12-13H2,1-4H3. The summed E-state index contributed by atoms with van der Waals surface area (Å²) in [7, 11) is 1.45. The van der Waals surface area contributed by atoms with E-state index < -0.39 is 40.1 Å². The maximum Gasteiger partial charge on any atom is 0.350 e. The monoisotopic (exact) mass is 431 g/mol. The third-order valence-corrected chi connectivity index (χ3v) is 4.30. The molecule has 0 saturated carbocycles. The minimum absolute atomic E-state index is 0.00622. The Morgan fingerprint density at radius 2 is 1.74 bits per heavy atom. The summed E-state index contributed by atoms with van der Waals surface area (Å²) in [5, 5.41) is 4.07. The molecule has 31 heavy (non-hydrogen) atoms. The highest BCUT2D eigenvalue weighted by atomic mass is 19.1. The van der Waals surface area contributed by atoms with E-state index >= 15 is 0 Å². The average molecular weight is 431 g/mol. The van der Waals surface area contributed by atoms with Gasteiger partial charge in [0.25, 0.3) is 0 Å². The molecule has 3 rings (SSSR count). The number of hydrogen-bond acceptors (Lipinski definition) is 5. The summed E-state index contributed by atoms with van der Waals surface area (Å²) in [6.07, 6.45) is 0. The number of hydrogen-bond donors (Lipinski definition) is 0. The zero-order chi connectivity index (χ0) is 22.8. The molecule has 0 saturated heterocycles. The minimum Gasteiger partial charge on any atom is -0.456 e. The van der Waals surface area contributed by atoms with Crippen molar-refractivity contribution >= 4 is 5.97 Å². The van der Waals surface area contributed by atoms with E-state index in [-0.39, 0.29) is 12.4 Å². The van der Waals surface area contributed by atoms with E-state index in [4.69, 9.17) is 9.47 Å². The van der Waals surface area contributed by atoms with Crippen LogP contribution in [0.15, 0.2) is 47.3 Å². The lowest BCUT2D eigenvalue weighted by atomic mass is 10.1. The summed E-state index contributed by atoms with van der Waals surface area (Å²) in [4.78, 5) is 24.6. The Morgan fingerprint density at radius 3 is 2.39 bits per heavy atom. The Hall–Kier alpha value is -3.33. The number of carbonyl (C=O) groups is 1. The van der Waals surface area contributed by atoms with Gasteiger partial charge in [-0.3, -0.25) is 4.57 Å². The summed E-state index contributed by atoms with van der Waals surface area (Å²) in [6.45, 7) is 5.14. The number of nitrogens with zero attached hydrogens (tertiary/aromatic N) is 3. The summed E-state index contributed by atoms with van der Waals surface area (Å²) in [6, 6.07) is 10.9. The predicted molar refractivity (Wildman–Crippen MR) is 109 cm³/mol. The molecule has 0 aliphatic rings. The van der Waals surface area contributed by atoms with Crippen LogP contribution in [0, 0.1) is 11.6 Å². The van der Waals surface area contributed by atoms with Gasteiger partial charge in [-0.25, -0.2) is 18.4 Å². The van der Waals surface area contributed by atoms with Gasteiger partial charge in [-0.2, -0.15) is 4.68 Å². The molecular formula is C22H23F2N3O4. The van der Waals surface area contributed by atoms with Crippen molar-refractivity contribution in [3.63, 3.8) is 0 Å². The molecule has 0 N–H and O–H groups in total. The first kappa shape index (κ1) is 22.4.